The Morgan fingerprint density at radius 2 is 2.00 bits per heavy atom. The fourth-order valence-electron chi connectivity index (χ4n) is 1.44. The molecule has 0 atom stereocenters. The highest BCUT2D eigenvalue weighted by atomic mass is 19.1. The fraction of sp³-hybridized carbons (Fsp3) is 0.250. The van der Waals surface area contributed by atoms with E-state index in [1.54, 1.807) is 12.1 Å². The van der Waals surface area contributed by atoms with Crippen LogP contribution in [0.4, 0.5) is 4.39 Å². The van der Waals surface area contributed by atoms with Crippen LogP contribution in [-0.4, -0.2) is 10.2 Å². The Morgan fingerprint density at radius 1 is 1.27 bits per heavy atom. The van der Waals surface area contributed by atoms with Gasteiger partial charge in [-0.2, -0.15) is 5.10 Å². The SMILES string of the molecule is CC(C)c1cc(-c2ccccc2F)n[nH]1. The lowest BCUT2D eigenvalue weighted by molar-refractivity contribution is 0.630. The van der Waals surface area contributed by atoms with Crippen LogP contribution < -0.4 is 0 Å². The molecule has 0 saturated carbocycles. The van der Waals surface area contributed by atoms with Crippen LogP contribution >= 0.6 is 0 Å². The van der Waals surface area contributed by atoms with Gasteiger partial charge in [0.1, 0.15) is 5.82 Å². The van der Waals surface area contributed by atoms with Crippen LogP contribution in [0.3, 0.4) is 0 Å². The summed E-state index contributed by atoms with van der Waals surface area (Å²) in [6.45, 7) is 4.14. The predicted molar refractivity (Wildman–Crippen MR) is 58.1 cm³/mol. The molecule has 0 amide bonds. The second kappa shape index (κ2) is 3.85. The standard InChI is InChI=1S/C12H13FN2/c1-8(2)11-7-12(15-14-11)9-5-3-4-6-10(9)13/h3-8H,1-2H3,(H,14,15). The van der Waals surface area contributed by atoms with E-state index in [-0.39, 0.29) is 5.82 Å². The summed E-state index contributed by atoms with van der Waals surface area (Å²) in [7, 11) is 0. The molecular weight excluding hydrogens is 191 g/mol. The monoisotopic (exact) mass is 204 g/mol. The van der Waals surface area contributed by atoms with E-state index in [1.165, 1.54) is 6.07 Å². The van der Waals surface area contributed by atoms with Crippen LogP contribution in [0.5, 0.6) is 0 Å². The first kappa shape index (κ1) is 9.90. The topological polar surface area (TPSA) is 28.7 Å². The van der Waals surface area contributed by atoms with Gasteiger partial charge >= 0.3 is 0 Å². The molecule has 15 heavy (non-hydrogen) atoms. The zero-order valence-electron chi connectivity index (χ0n) is 8.79. The third-order valence-electron chi connectivity index (χ3n) is 2.37. The van der Waals surface area contributed by atoms with Crippen LogP contribution in [0.25, 0.3) is 11.3 Å². The Bertz CT molecular complexity index is 460. The van der Waals surface area contributed by atoms with E-state index in [0.717, 1.165) is 5.69 Å². The largest absolute Gasteiger partial charge is 0.282 e. The van der Waals surface area contributed by atoms with Crippen molar-refractivity contribution >= 4 is 0 Å². The van der Waals surface area contributed by atoms with Gasteiger partial charge in [0.2, 0.25) is 0 Å². The van der Waals surface area contributed by atoms with Gasteiger partial charge in [-0.15, -0.1) is 0 Å². The number of rotatable bonds is 2. The Balaban J connectivity index is 2.42. The maximum Gasteiger partial charge on any atom is 0.132 e. The molecule has 0 radical (unpaired) electrons. The molecule has 3 heteroatoms. The molecule has 0 aliphatic rings. The maximum absolute atomic E-state index is 13.4. The van der Waals surface area contributed by atoms with E-state index in [4.69, 9.17) is 0 Å². The summed E-state index contributed by atoms with van der Waals surface area (Å²) in [6.07, 6.45) is 0. The van der Waals surface area contributed by atoms with Crippen molar-refractivity contribution in [2.45, 2.75) is 19.8 Å². The number of halogens is 1. The van der Waals surface area contributed by atoms with Crippen molar-refractivity contribution in [3.63, 3.8) is 0 Å². The number of aromatic amines is 1. The lowest BCUT2D eigenvalue weighted by atomic mass is 10.1. The molecule has 1 aromatic carbocycles. The first-order valence-electron chi connectivity index (χ1n) is 4.98. The lowest BCUT2D eigenvalue weighted by Crippen LogP contribution is -1.85. The summed E-state index contributed by atoms with van der Waals surface area (Å²) in [5.74, 6) is 0.136. The fourth-order valence-corrected chi connectivity index (χ4v) is 1.44. The summed E-state index contributed by atoms with van der Waals surface area (Å²) in [5, 5.41) is 7.02. The van der Waals surface area contributed by atoms with Crippen LogP contribution in [-0.2, 0) is 0 Å². The first-order chi connectivity index (χ1) is 7.18. The van der Waals surface area contributed by atoms with Crippen molar-refractivity contribution in [2.75, 3.05) is 0 Å². The Kier molecular flexibility index (Phi) is 2.54. The summed E-state index contributed by atoms with van der Waals surface area (Å²) >= 11 is 0. The van der Waals surface area contributed by atoms with Crippen molar-refractivity contribution in [1.29, 1.82) is 0 Å². The zero-order chi connectivity index (χ0) is 10.8. The Morgan fingerprint density at radius 3 is 2.60 bits per heavy atom. The normalized spacial score (nSPS) is 10.9. The molecule has 0 bridgehead atoms. The van der Waals surface area contributed by atoms with Gasteiger partial charge < -0.3 is 0 Å². The number of nitrogens with zero attached hydrogens (tertiary/aromatic N) is 1. The van der Waals surface area contributed by atoms with Crippen molar-refractivity contribution < 1.29 is 4.39 Å². The van der Waals surface area contributed by atoms with Crippen molar-refractivity contribution in [1.82, 2.24) is 10.2 Å². The summed E-state index contributed by atoms with van der Waals surface area (Å²) < 4.78 is 13.4. The van der Waals surface area contributed by atoms with Gasteiger partial charge in [-0.25, -0.2) is 4.39 Å². The van der Waals surface area contributed by atoms with E-state index in [2.05, 4.69) is 24.0 Å². The second-order valence-corrected chi connectivity index (χ2v) is 3.84. The van der Waals surface area contributed by atoms with E-state index in [0.29, 0.717) is 17.2 Å². The molecule has 2 rings (SSSR count). The van der Waals surface area contributed by atoms with Crippen LogP contribution in [0.15, 0.2) is 30.3 Å². The molecule has 0 unspecified atom stereocenters. The molecule has 0 aliphatic carbocycles. The third-order valence-corrected chi connectivity index (χ3v) is 2.37. The summed E-state index contributed by atoms with van der Waals surface area (Å²) in [5.41, 5.74) is 2.23. The van der Waals surface area contributed by atoms with E-state index in [9.17, 15) is 4.39 Å². The number of H-pyrrole nitrogens is 1. The average Bonchev–Trinajstić information content (AvgIpc) is 2.67. The minimum absolute atomic E-state index is 0.237. The molecule has 0 fully saturated rings. The van der Waals surface area contributed by atoms with Gasteiger partial charge in [-0.1, -0.05) is 26.0 Å². The van der Waals surface area contributed by atoms with Gasteiger partial charge in [0.15, 0.2) is 0 Å². The highest BCUT2D eigenvalue weighted by Crippen LogP contribution is 2.23. The third kappa shape index (κ3) is 1.91. The lowest BCUT2D eigenvalue weighted by Gasteiger charge is -1.98. The molecular formula is C12H13FN2. The Hall–Kier alpha value is -1.64. The minimum Gasteiger partial charge on any atom is -0.282 e. The number of aromatic nitrogens is 2. The number of hydrogen-bond donors (Lipinski definition) is 1. The number of benzene rings is 1. The maximum atomic E-state index is 13.4. The zero-order valence-corrected chi connectivity index (χ0v) is 8.79. The van der Waals surface area contributed by atoms with Gasteiger partial charge in [0.25, 0.3) is 0 Å². The van der Waals surface area contributed by atoms with E-state index >= 15 is 0 Å². The van der Waals surface area contributed by atoms with E-state index in [1.807, 2.05) is 12.1 Å². The van der Waals surface area contributed by atoms with E-state index < -0.39 is 0 Å². The highest BCUT2D eigenvalue weighted by molar-refractivity contribution is 5.60. The first-order valence-corrected chi connectivity index (χ1v) is 4.98. The number of hydrogen-bond acceptors (Lipinski definition) is 1. The Labute approximate surface area is 88.1 Å². The highest BCUT2D eigenvalue weighted by Gasteiger charge is 2.09. The summed E-state index contributed by atoms with van der Waals surface area (Å²) in [4.78, 5) is 0. The molecule has 0 aliphatic heterocycles. The van der Waals surface area contributed by atoms with Gasteiger partial charge in [0.05, 0.1) is 5.69 Å². The molecule has 1 aromatic heterocycles. The predicted octanol–water partition coefficient (Wildman–Crippen LogP) is 3.34. The molecule has 78 valence electrons. The molecule has 1 heterocycles. The minimum atomic E-state index is -0.237. The van der Waals surface area contributed by atoms with Crippen LogP contribution in [0.1, 0.15) is 25.5 Å². The van der Waals surface area contributed by atoms with Gasteiger partial charge in [0, 0.05) is 11.3 Å². The molecule has 0 spiro atoms. The molecule has 1 N–H and O–H groups in total. The van der Waals surface area contributed by atoms with Crippen LogP contribution in [0, 0.1) is 5.82 Å². The van der Waals surface area contributed by atoms with Gasteiger partial charge in [-0.3, -0.25) is 5.10 Å². The molecule has 2 aromatic rings. The van der Waals surface area contributed by atoms with Crippen molar-refractivity contribution in [2.24, 2.45) is 0 Å². The van der Waals surface area contributed by atoms with Crippen LogP contribution in [0.2, 0.25) is 0 Å². The smallest absolute Gasteiger partial charge is 0.132 e. The molecule has 2 nitrogen and oxygen atoms in total. The quantitative estimate of drug-likeness (QED) is 0.798. The average molecular weight is 204 g/mol. The van der Waals surface area contributed by atoms with Gasteiger partial charge in [-0.05, 0) is 24.1 Å². The second-order valence-electron chi connectivity index (χ2n) is 3.84. The molecule has 0 saturated heterocycles. The summed E-state index contributed by atoms with van der Waals surface area (Å²) in [6, 6.07) is 8.55. The number of nitrogens with one attached hydrogen (secondary N) is 1. The van der Waals surface area contributed by atoms with Crippen molar-refractivity contribution in [3.05, 3.63) is 41.8 Å². The van der Waals surface area contributed by atoms with Crippen molar-refractivity contribution in [3.8, 4) is 11.3 Å².